The van der Waals surface area contributed by atoms with Gasteiger partial charge in [-0.3, -0.25) is 0 Å². The van der Waals surface area contributed by atoms with E-state index in [1.165, 1.54) is 6.26 Å². The highest BCUT2D eigenvalue weighted by Gasteiger charge is 2.52. The Kier molecular flexibility index (Phi) is 2.04. The lowest BCUT2D eigenvalue weighted by Gasteiger charge is -2.30. The fourth-order valence-electron chi connectivity index (χ4n) is 1.61. The fourth-order valence-corrected chi connectivity index (χ4v) is 3.21. The standard InChI is InChI=1S/C8H17NO2S/c1-7(2,6-12(3,10)11)8(9)4-5-8/h4-6,9H2,1-3H3. The molecule has 3 nitrogen and oxygen atoms in total. The van der Waals surface area contributed by atoms with Gasteiger partial charge in [-0.1, -0.05) is 13.8 Å². The lowest BCUT2D eigenvalue weighted by molar-refractivity contribution is 0.304. The largest absolute Gasteiger partial charge is 0.325 e. The van der Waals surface area contributed by atoms with Crippen LogP contribution in [-0.2, 0) is 9.84 Å². The summed E-state index contributed by atoms with van der Waals surface area (Å²) in [5, 5.41) is 0. The van der Waals surface area contributed by atoms with Crippen molar-refractivity contribution in [2.24, 2.45) is 11.1 Å². The lowest BCUT2D eigenvalue weighted by atomic mass is 9.85. The molecule has 0 aromatic rings. The number of rotatable bonds is 3. The molecule has 1 aliphatic carbocycles. The molecule has 2 N–H and O–H groups in total. The van der Waals surface area contributed by atoms with Crippen molar-refractivity contribution < 1.29 is 8.42 Å². The average molecular weight is 191 g/mol. The monoisotopic (exact) mass is 191 g/mol. The molecule has 1 saturated carbocycles. The molecule has 0 spiro atoms. The van der Waals surface area contributed by atoms with Crippen LogP contribution in [0.25, 0.3) is 0 Å². The van der Waals surface area contributed by atoms with Crippen molar-refractivity contribution in [3.05, 3.63) is 0 Å². The summed E-state index contributed by atoms with van der Waals surface area (Å²) >= 11 is 0. The zero-order chi connectivity index (χ0) is 9.62. The smallest absolute Gasteiger partial charge is 0.148 e. The molecule has 0 aromatic carbocycles. The maximum Gasteiger partial charge on any atom is 0.148 e. The first-order chi connectivity index (χ1) is 5.16. The van der Waals surface area contributed by atoms with Gasteiger partial charge >= 0.3 is 0 Å². The predicted octanol–water partition coefficient (Wildman–Crippen LogP) is 0.549. The molecule has 72 valence electrons. The second-order valence-corrected chi connectivity index (χ2v) is 6.75. The molecule has 12 heavy (non-hydrogen) atoms. The van der Waals surface area contributed by atoms with Gasteiger partial charge in [-0.05, 0) is 18.3 Å². The second-order valence-electron chi connectivity index (χ2n) is 4.61. The van der Waals surface area contributed by atoms with Gasteiger partial charge in [-0.2, -0.15) is 0 Å². The zero-order valence-corrected chi connectivity index (χ0v) is 8.74. The summed E-state index contributed by atoms with van der Waals surface area (Å²) < 4.78 is 22.1. The summed E-state index contributed by atoms with van der Waals surface area (Å²) in [5.41, 5.74) is 5.46. The predicted molar refractivity (Wildman–Crippen MR) is 49.6 cm³/mol. The summed E-state index contributed by atoms with van der Waals surface area (Å²) in [7, 11) is -2.90. The van der Waals surface area contributed by atoms with Crippen molar-refractivity contribution in [1.29, 1.82) is 0 Å². The van der Waals surface area contributed by atoms with E-state index in [1.807, 2.05) is 13.8 Å². The van der Waals surface area contributed by atoms with Crippen LogP contribution in [0, 0.1) is 5.41 Å². The van der Waals surface area contributed by atoms with E-state index in [0.29, 0.717) is 0 Å². The van der Waals surface area contributed by atoms with E-state index in [-0.39, 0.29) is 16.7 Å². The van der Waals surface area contributed by atoms with Gasteiger partial charge in [0.1, 0.15) is 9.84 Å². The number of hydrogen-bond acceptors (Lipinski definition) is 3. The maximum absolute atomic E-state index is 11.1. The SMILES string of the molecule is CC(C)(CS(C)(=O)=O)C1(N)CC1. The normalized spacial score (nSPS) is 22.3. The average Bonchev–Trinajstić information content (AvgIpc) is 2.40. The van der Waals surface area contributed by atoms with Gasteiger partial charge in [0.25, 0.3) is 0 Å². The van der Waals surface area contributed by atoms with Gasteiger partial charge in [0.05, 0.1) is 5.75 Å². The van der Waals surface area contributed by atoms with Crippen LogP contribution in [0.5, 0.6) is 0 Å². The van der Waals surface area contributed by atoms with Crippen molar-refractivity contribution in [2.75, 3.05) is 12.0 Å². The third kappa shape index (κ3) is 1.98. The Bertz CT molecular complexity index is 275. The van der Waals surface area contributed by atoms with Gasteiger partial charge in [0.2, 0.25) is 0 Å². The number of sulfone groups is 1. The third-order valence-corrected chi connectivity index (χ3v) is 4.01. The summed E-state index contributed by atoms with van der Waals surface area (Å²) in [5.74, 6) is 0.191. The molecule has 0 amide bonds. The van der Waals surface area contributed by atoms with E-state index >= 15 is 0 Å². The Balaban J connectivity index is 2.74. The maximum atomic E-state index is 11.1. The van der Waals surface area contributed by atoms with Crippen LogP contribution < -0.4 is 5.73 Å². The molecule has 0 saturated heterocycles. The lowest BCUT2D eigenvalue weighted by Crippen LogP contribution is -2.44. The van der Waals surface area contributed by atoms with Crippen LogP contribution in [0.15, 0.2) is 0 Å². The Morgan fingerprint density at radius 3 is 2.08 bits per heavy atom. The molecular weight excluding hydrogens is 174 g/mol. The van der Waals surface area contributed by atoms with Gasteiger partial charge in [0.15, 0.2) is 0 Å². The van der Waals surface area contributed by atoms with E-state index in [9.17, 15) is 8.42 Å². The zero-order valence-electron chi connectivity index (χ0n) is 7.92. The highest BCUT2D eigenvalue weighted by atomic mass is 32.2. The first-order valence-electron chi connectivity index (χ1n) is 4.13. The van der Waals surface area contributed by atoms with Crippen LogP contribution in [0.4, 0.5) is 0 Å². The molecule has 0 radical (unpaired) electrons. The first-order valence-corrected chi connectivity index (χ1v) is 6.19. The van der Waals surface area contributed by atoms with Crippen LogP contribution >= 0.6 is 0 Å². The first kappa shape index (κ1) is 9.99. The summed E-state index contributed by atoms with van der Waals surface area (Å²) in [4.78, 5) is 0. The minimum absolute atomic E-state index is 0.191. The molecule has 0 unspecified atom stereocenters. The van der Waals surface area contributed by atoms with E-state index in [2.05, 4.69) is 0 Å². The summed E-state index contributed by atoms with van der Waals surface area (Å²) in [6.07, 6.45) is 3.17. The van der Waals surface area contributed by atoms with Gasteiger partial charge < -0.3 is 5.73 Å². The van der Waals surface area contributed by atoms with Crippen LogP contribution in [-0.4, -0.2) is 26.0 Å². The summed E-state index contributed by atoms with van der Waals surface area (Å²) in [6, 6.07) is 0. The van der Waals surface area contributed by atoms with Crippen molar-refractivity contribution in [3.8, 4) is 0 Å². The van der Waals surface area contributed by atoms with Crippen LogP contribution in [0.2, 0.25) is 0 Å². The van der Waals surface area contributed by atoms with Crippen molar-refractivity contribution in [2.45, 2.75) is 32.2 Å². The molecule has 1 rings (SSSR count). The molecule has 0 aromatic heterocycles. The molecule has 1 aliphatic rings. The van der Waals surface area contributed by atoms with Gasteiger partial charge in [-0.25, -0.2) is 8.42 Å². The minimum Gasteiger partial charge on any atom is -0.325 e. The highest BCUT2D eigenvalue weighted by molar-refractivity contribution is 7.90. The van der Waals surface area contributed by atoms with E-state index in [0.717, 1.165) is 12.8 Å². The Labute approximate surface area is 74.3 Å². The van der Waals surface area contributed by atoms with E-state index in [1.54, 1.807) is 0 Å². The van der Waals surface area contributed by atoms with Crippen molar-refractivity contribution >= 4 is 9.84 Å². The second kappa shape index (κ2) is 2.45. The molecule has 0 aliphatic heterocycles. The molecule has 1 fully saturated rings. The Morgan fingerprint density at radius 1 is 1.42 bits per heavy atom. The van der Waals surface area contributed by atoms with Gasteiger partial charge in [-0.15, -0.1) is 0 Å². The minimum atomic E-state index is -2.90. The molecule has 0 heterocycles. The molecule has 0 bridgehead atoms. The van der Waals surface area contributed by atoms with Crippen molar-refractivity contribution in [3.63, 3.8) is 0 Å². The van der Waals surface area contributed by atoms with E-state index < -0.39 is 9.84 Å². The third-order valence-electron chi connectivity index (χ3n) is 2.76. The quantitative estimate of drug-likeness (QED) is 0.708. The number of nitrogens with two attached hydrogens (primary N) is 1. The van der Waals surface area contributed by atoms with Crippen LogP contribution in [0.3, 0.4) is 0 Å². The molecule has 0 atom stereocenters. The Hall–Kier alpha value is -0.0900. The van der Waals surface area contributed by atoms with Crippen LogP contribution in [0.1, 0.15) is 26.7 Å². The van der Waals surface area contributed by atoms with E-state index in [4.69, 9.17) is 5.73 Å². The topological polar surface area (TPSA) is 60.2 Å². The van der Waals surface area contributed by atoms with Gasteiger partial charge in [0, 0.05) is 11.8 Å². The van der Waals surface area contributed by atoms with Crippen molar-refractivity contribution in [1.82, 2.24) is 0 Å². The molecular formula is C8H17NO2S. The fraction of sp³-hybridized carbons (Fsp3) is 1.00. The summed E-state index contributed by atoms with van der Waals surface area (Å²) in [6.45, 7) is 3.86. The highest BCUT2D eigenvalue weighted by Crippen LogP contribution is 2.48. The molecule has 4 heteroatoms. The Morgan fingerprint density at radius 2 is 1.83 bits per heavy atom. The number of hydrogen-bond donors (Lipinski definition) is 1.